The van der Waals surface area contributed by atoms with Gasteiger partial charge in [-0.25, -0.2) is 0 Å². The van der Waals surface area contributed by atoms with Gasteiger partial charge in [0.15, 0.2) is 0 Å². The van der Waals surface area contributed by atoms with Crippen LogP contribution < -0.4 is 0 Å². The number of hydrogen-bond acceptors (Lipinski definition) is 0. The Hall–Kier alpha value is -1.08. The molecule has 31 heavy (non-hydrogen) atoms. The van der Waals surface area contributed by atoms with Gasteiger partial charge in [-0.2, -0.15) is 0 Å². The van der Waals surface area contributed by atoms with Crippen LogP contribution in [0, 0.1) is 5.92 Å². The predicted octanol–water partition coefficient (Wildman–Crippen LogP) is 9.28. The molecule has 0 saturated carbocycles. The van der Waals surface area contributed by atoms with Crippen LogP contribution in [0.5, 0.6) is 0 Å². The predicted molar refractivity (Wildman–Crippen MR) is 141 cm³/mol. The van der Waals surface area contributed by atoms with E-state index in [9.17, 15) is 0 Å². The number of rotatable bonds is 20. The summed E-state index contributed by atoms with van der Waals surface area (Å²) in [5.41, 5.74) is 2.67. The summed E-state index contributed by atoms with van der Waals surface area (Å²) in [7, 11) is 0. The smallest absolute Gasteiger partial charge is 0.104 e. The third kappa shape index (κ3) is 13.2. The molecule has 0 saturated heterocycles. The van der Waals surface area contributed by atoms with E-state index in [-0.39, 0.29) is 0 Å². The normalized spacial score (nSPS) is 11.9. The van der Waals surface area contributed by atoms with Gasteiger partial charge in [-0.3, -0.25) is 0 Å². The molecule has 1 heteroatoms. The van der Waals surface area contributed by atoms with Crippen molar-refractivity contribution in [2.45, 2.75) is 111 Å². The van der Waals surface area contributed by atoms with E-state index in [1.165, 1.54) is 119 Å². The van der Waals surface area contributed by atoms with Crippen molar-refractivity contribution in [1.29, 1.82) is 0 Å². The van der Waals surface area contributed by atoms with Crippen molar-refractivity contribution in [3.05, 3.63) is 42.5 Å². The number of quaternary nitrogens is 1. The number of benzene rings is 1. The van der Waals surface area contributed by atoms with E-state index in [1.807, 2.05) is 0 Å². The van der Waals surface area contributed by atoms with Gasteiger partial charge in [0.2, 0.25) is 0 Å². The van der Waals surface area contributed by atoms with Gasteiger partial charge in [-0.05, 0) is 43.6 Å². The highest BCUT2D eigenvalue weighted by Crippen LogP contribution is 2.24. The summed E-state index contributed by atoms with van der Waals surface area (Å²) in [6, 6.07) is 10.9. The lowest BCUT2D eigenvalue weighted by molar-refractivity contribution is -0.922. The maximum absolute atomic E-state index is 4.56. The lowest BCUT2D eigenvalue weighted by Crippen LogP contribution is -2.51. The molecule has 0 spiro atoms. The molecule has 0 fully saturated rings. The van der Waals surface area contributed by atoms with E-state index in [0.29, 0.717) is 0 Å². The lowest BCUT2D eigenvalue weighted by atomic mass is 10.0. The Balaban J connectivity index is 2.80. The average Bonchev–Trinajstić information content (AvgIpc) is 2.77. The summed E-state index contributed by atoms with van der Waals surface area (Å²) in [6.45, 7) is 19.1. The third-order valence-corrected chi connectivity index (χ3v) is 6.86. The first-order valence-electron chi connectivity index (χ1n) is 13.6. The summed E-state index contributed by atoms with van der Waals surface area (Å²) in [6.07, 6.45) is 18.0. The molecule has 0 heterocycles. The summed E-state index contributed by atoms with van der Waals surface area (Å²) < 4.78 is 1.26. The SMILES string of the molecule is C=C(C[N+](CCCCCCCC)(CCCCCCCC)CCC(C)C)c1ccccc1. The zero-order valence-electron chi connectivity index (χ0n) is 21.6. The zero-order chi connectivity index (χ0) is 22.8. The van der Waals surface area contributed by atoms with E-state index in [4.69, 9.17) is 0 Å². The molecule has 0 bridgehead atoms. The second kappa shape index (κ2) is 17.5. The molecular formula is C30H54N+. The van der Waals surface area contributed by atoms with Crippen LogP contribution in [0.1, 0.15) is 117 Å². The maximum atomic E-state index is 4.56. The Labute approximate surface area is 195 Å². The Kier molecular flexibility index (Phi) is 15.8. The topological polar surface area (TPSA) is 0 Å². The van der Waals surface area contributed by atoms with Gasteiger partial charge in [-0.1, -0.05) is 116 Å². The fourth-order valence-electron chi connectivity index (χ4n) is 4.73. The van der Waals surface area contributed by atoms with E-state index in [2.05, 4.69) is 64.6 Å². The first-order chi connectivity index (χ1) is 15.0. The average molecular weight is 429 g/mol. The summed E-state index contributed by atoms with van der Waals surface area (Å²) >= 11 is 0. The van der Waals surface area contributed by atoms with E-state index < -0.39 is 0 Å². The maximum Gasteiger partial charge on any atom is 0.104 e. The highest BCUT2D eigenvalue weighted by atomic mass is 15.3. The molecule has 0 aromatic heterocycles. The fourth-order valence-corrected chi connectivity index (χ4v) is 4.73. The van der Waals surface area contributed by atoms with Gasteiger partial charge >= 0.3 is 0 Å². The van der Waals surface area contributed by atoms with E-state index in [0.717, 1.165) is 12.5 Å². The molecule has 0 unspecified atom stereocenters. The molecule has 1 nitrogen and oxygen atoms in total. The largest absolute Gasteiger partial charge is 0.320 e. The summed E-state index contributed by atoms with van der Waals surface area (Å²) in [4.78, 5) is 0. The first-order valence-corrected chi connectivity index (χ1v) is 13.6. The van der Waals surface area contributed by atoms with Crippen LogP contribution in [0.15, 0.2) is 36.9 Å². The van der Waals surface area contributed by atoms with Crippen LogP contribution in [0.4, 0.5) is 0 Å². The monoisotopic (exact) mass is 428 g/mol. The van der Waals surface area contributed by atoms with Crippen LogP contribution in [-0.2, 0) is 0 Å². The minimum atomic E-state index is 0.775. The highest BCUT2D eigenvalue weighted by Gasteiger charge is 2.28. The van der Waals surface area contributed by atoms with Crippen LogP contribution in [0.25, 0.3) is 5.57 Å². The minimum absolute atomic E-state index is 0.775. The molecule has 178 valence electrons. The van der Waals surface area contributed by atoms with Crippen LogP contribution >= 0.6 is 0 Å². The van der Waals surface area contributed by atoms with Gasteiger partial charge in [0.1, 0.15) is 6.54 Å². The van der Waals surface area contributed by atoms with Gasteiger partial charge in [0.25, 0.3) is 0 Å². The van der Waals surface area contributed by atoms with Gasteiger partial charge < -0.3 is 4.48 Å². The fraction of sp³-hybridized carbons (Fsp3) is 0.733. The minimum Gasteiger partial charge on any atom is -0.320 e. The molecule has 0 atom stereocenters. The van der Waals surface area contributed by atoms with Crippen LogP contribution in [0.3, 0.4) is 0 Å². The van der Waals surface area contributed by atoms with Crippen LogP contribution in [-0.4, -0.2) is 30.7 Å². The molecule has 0 aliphatic heterocycles. The molecule has 1 rings (SSSR count). The van der Waals surface area contributed by atoms with Crippen molar-refractivity contribution >= 4 is 5.57 Å². The number of hydrogen-bond donors (Lipinski definition) is 0. The van der Waals surface area contributed by atoms with Crippen molar-refractivity contribution in [3.63, 3.8) is 0 Å². The van der Waals surface area contributed by atoms with Crippen molar-refractivity contribution in [2.24, 2.45) is 5.92 Å². The van der Waals surface area contributed by atoms with Crippen molar-refractivity contribution in [3.8, 4) is 0 Å². The van der Waals surface area contributed by atoms with Crippen molar-refractivity contribution in [1.82, 2.24) is 0 Å². The Morgan fingerprint density at radius 3 is 1.68 bits per heavy atom. The third-order valence-electron chi connectivity index (χ3n) is 6.86. The second-order valence-corrected chi connectivity index (χ2v) is 10.4. The van der Waals surface area contributed by atoms with Crippen molar-refractivity contribution in [2.75, 3.05) is 26.2 Å². The Morgan fingerprint density at radius 1 is 0.710 bits per heavy atom. The Bertz CT molecular complexity index is 529. The quantitative estimate of drug-likeness (QED) is 0.143. The standard InChI is InChI=1S/C30H54N/c1-6-8-10-12-14-19-24-31(26-23-28(3)4,25-20-15-13-11-9-7-2)27-29(5)30-21-17-16-18-22-30/h16-18,21-22,28H,5-15,19-20,23-27H2,1-4H3/q+1. The van der Waals surface area contributed by atoms with E-state index >= 15 is 0 Å². The molecule has 0 aliphatic carbocycles. The zero-order valence-corrected chi connectivity index (χ0v) is 21.6. The number of unbranched alkanes of at least 4 members (excludes halogenated alkanes) is 10. The summed E-state index contributed by atoms with van der Waals surface area (Å²) in [5, 5.41) is 0. The molecule has 1 aromatic carbocycles. The van der Waals surface area contributed by atoms with Crippen LogP contribution in [0.2, 0.25) is 0 Å². The highest BCUT2D eigenvalue weighted by molar-refractivity contribution is 5.63. The van der Waals surface area contributed by atoms with Gasteiger partial charge in [0.05, 0.1) is 19.6 Å². The van der Waals surface area contributed by atoms with Crippen molar-refractivity contribution < 1.29 is 4.48 Å². The second-order valence-electron chi connectivity index (χ2n) is 10.4. The molecule has 0 aliphatic rings. The molecule has 0 amide bonds. The summed E-state index contributed by atoms with van der Waals surface area (Å²) in [5.74, 6) is 0.775. The lowest BCUT2D eigenvalue weighted by Gasteiger charge is -2.40. The van der Waals surface area contributed by atoms with Gasteiger partial charge in [0, 0.05) is 5.57 Å². The molecular weight excluding hydrogens is 374 g/mol. The van der Waals surface area contributed by atoms with E-state index in [1.54, 1.807) is 0 Å². The molecule has 1 aromatic rings. The number of nitrogens with zero attached hydrogens (tertiary/aromatic N) is 1. The Morgan fingerprint density at radius 2 is 1.19 bits per heavy atom. The molecule has 0 radical (unpaired) electrons. The first kappa shape index (κ1) is 28.0. The molecule has 0 N–H and O–H groups in total. The van der Waals surface area contributed by atoms with Gasteiger partial charge in [-0.15, -0.1) is 0 Å².